The molecule has 1 atom stereocenters. The number of carbonyl (C=O) groups is 1. The normalized spacial score (nSPS) is 16.0. The lowest BCUT2D eigenvalue weighted by Gasteiger charge is -2.27. The molecule has 3 rings (SSSR count). The summed E-state index contributed by atoms with van der Waals surface area (Å²) in [5, 5.41) is 24.0. The first-order valence-corrected chi connectivity index (χ1v) is 12.1. The van der Waals surface area contributed by atoms with Crippen LogP contribution < -0.4 is 10.6 Å². The fourth-order valence-corrected chi connectivity index (χ4v) is 4.22. The van der Waals surface area contributed by atoms with Crippen molar-refractivity contribution in [3.05, 3.63) is 70.9 Å². The number of amidine groups is 1. The van der Waals surface area contributed by atoms with Gasteiger partial charge in [0.25, 0.3) is 0 Å². The van der Waals surface area contributed by atoms with Crippen LogP contribution in [0.15, 0.2) is 59.8 Å². The van der Waals surface area contributed by atoms with E-state index >= 15 is 0 Å². The summed E-state index contributed by atoms with van der Waals surface area (Å²) in [5.74, 6) is 0.131. The van der Waals surface area contributed by atoms with E-state index in [1.807, 2.05) is 25.1 Å². The summed E-state index contributed by atoms with van der Waals surface area (Å²) in [6, 6.07) is 12.8. The smallest absolute Gasteiger partial charge is 0.390 e. The Morgan fingerprint density at radius 3 is 2.58 bits per heavy atom. The number of nitrogens with one attached hydrogen (secondary N) is 3. The number of alkyl halides is 3. The van der Waals surface area contributed by atoms with Crippen molar-refractivity contribution in [2.45, 2.75) is 52.1 Å². The minimum Gasteiger partial charge on any atom is -0.508 e. The fourth-order valence-electron chi connectivity index (χ4n) is 4.22. The van der Waals surface area contributed by atoms with Gasteiger partial charge in [0.15, 0.2) is 0 Å². The Balaban J connectivity index is 1.68. The van der Waals surface area contributed by atoms with Crippen LogP contribution in [0.25, 0.3) is 0 Å². The van der Waals surface area contributed by atoms with Crippen LogP contribution in [0.1, 0.15) is 50.2 Å². The van der Waals surface area contributed by atoms with Crippen molar-refractivity contribution in [1.82, 2.24) is 10.2 Å². The predicted octanol–water partition coefficient (Wildman–Crippen LogP) is 6.57. The number of phenolic OH excluding ortho intramolecular Hbond substituents is 1. The van der Waals surface area contributed by atoms with E-state index < -0.39 is 25.2 Å². The minimum atomic E-state index is -4.46. The van der Waals surface area contributed by atoms with Gasteiger partial charge in [0, 0.05) is 30.0 Å². The molecule has 1 unspecified atom stereocenters. The number of allylic oxidation sites excluding steroid dienone is 1. The average Bonchev–Trinajstić information content (AvgIpc) is 2.80. The maximum atomic E-state index is 12.9. The number of aromatic hydroxyl groups is 1. The Hall–Kier alpha value is -3.49. The molecule has 4 N–H and O–H groups in total. The molecule has 36 heavy (non-hydrogen) atoms. The van der Waals surface area contributed by atoms with Crippen molar-refractivity contribution in [3.63, 3.8) is 0 Å². The molecule has 6 nitrogen and oxygen atoms in total. The van der Waals surface area contributed by atoms with Crippen molar-refractivity contribution in [1.29, 1.82) is 5.41 Å². The first kappa shape index (κ1) is 27.1. The first-order chi connectivity index (χ1) is 17.0. The second-order valence-corrected chi connectivity index (χ2v) is 9.32. The second kappa shape index (κ2) is 12.0. The van der Waals surface area contributed by atoms with E-state index in [0.717, 1.165) is 41.1 Å². The van der Waals surface area contributed by atoms with Crippen molar-refractivity contribution >= 4 is 17.6 Å². The third kappa shape index (κ3) is 8.03. The van der Waals surface area contributed by atoms with Gasteiger partial charge in [-0.2, -0.15) is 13.2 Å². The summed E-state index contributed by atoms with van der Waals surface area (Å²) in [7, 11) is 0. The summed E-state index contributed by atoms with van der Waals surface area (Å²) >= 11 is 0. The third-order valence-electron chi connectivity index (χ3n) is 6.21. The SMILES string of the molecule is Cc1cccc(NC2=C(CCNC(=O)N(CCC(F)(F)F)C(=N)c3ccc(O)cc3)CCC(C)C2)c1. The Bertz CT molecular complexity index is 1100. The number of hydrogen-bond acceptors (Lipinski definition) is 4. The van der Waals surface area contributed by atoms with Crippen molar-refractivity contribution < 1.29 is 23.1 Å². The molecule has 194 valence electrons. The molecule has 0 fully saturated rings. The zero-order chi connectivity index (χ0) is 26.3. The molecule has 0 saturated heterocycles. The number of rotatable bonds is 8. The number of halogens is 3. The zero-order valence-electron chi connectivity index (χ0n) is 20.6. The topological polar surface area (TPSA) is 88.5 Å². The average molecular weight is 503 g/mol. The quantitative estimate of drug-likeness (QED) is 0.243. The van der Waals surface area contributed by atoms with Crippen LogP contribution in [-0.4, -0.2) is 41.1 Å². The Kier molecular flexibility index (Phi) is 9.01. The molecule has 0 heterocycles. The molecule has 0 spiro atoms. The van der Waals surface area contributed by atoms with Gasteiger partial charge in [-0.05, 0) is 86.1 Å². The lowest BCUT2D eigenvalue weighted by Crippen LogP contribution is -2.45. The largest absolute Gasteiger partial charge is 0.508 e. The Morgan fingerprint density at radius 2 is 1.92 bits per heavy atom. The van der Waals surface area contributed by atoms with Gasteiger partial charge in [0.05, 0.1) is 6.42 Å². The van der Waals surface area contributed by atoms with Crippen molar-refractivity contribution in [2.75, 3.05) is 18.4 Å². The number of aryl methyl sites for hydroxylation is 1. The fraction of sp³-hybridized carbons (Fsp3) is 0.407. The highest BCUT2D eigenvalue weighted by atomic mass is 19.4. The number of hydrogen-bond donors (Lipinski definition) is 4. The summed E-state index contributed by atoms with van der Waals surface area (Å²) in [4.78, 5) is 13.7. The minimum absolute atomic E-state index is 0.0389. The summed E-state index contributed by atoms with van der Waals surface area (Å²) < 4.78 is 38.7. The molecule has 1 aliphatic rings. The number of benzene rings is 2. The molecule has 1 aliphatic carbocycles. The lowest BCUT2D eigenvalue weighted by atomic mass is 9.87. The van der Waals surface area contributed by atoms with Gasteiger partial charge in [-0.15, -0.1) is 0 Å². The lowest BCUT2D eigenvalue weighted by molar-refractivity contribution is -0.135. The summed E-state index contributed by atoms with van der Waals surface area (Å²) in [5.41, 5.74) is 4.69. The molecule has 2 amide bonds. The molecule has 9 heteroatoms. The number of phenols is 1. The highest BCUT2D eigenvalue weighted by Crippen LogP contribution is 2.32. The highest BCUT2D eigenvalue weighted by Gasteiger charge is 2.31. The van der Waals surface area contributed by atoms with Gasteiger partial charge in [-0.3, -0.25) is 10.3 Å². The molecular weight excluding hydrogens is 469 g/mol. The van der Waals surface area contributed by atoms with Gasteiger partial charge in [0.2, 0.25) is 0 Å². The Labute approximate surface area is 209 Å². The predicted molar refractivity (Wildman–Crippen MR) is 135 cm³/mol. The molecule has 0 aromatic heterocycles. The summed E-state index contributed by atoms with van der Waals surface area (Å²) in [6.07, 6.45) is -2.33. The third-order valence-corrected chi connectivity index (χ3v) is 6.21. The molecular formula is C27H33F3N4O2. The molecule has 0 saturated carbocycles. The van der Waals surface area contributed by atoms with Crippen LogP contribution in [0.2, 0.25) is 0 Å². The number of anilines is 1. The zero-order valence-corrected chi connectivity index (χ0v) is 20.6. The monoisotopic (exact) mass is 502 g/mol. The number of nitrogens with zero attached hydrogens (tertiary/aromatic N) is 1. The number of amides is 2. The van der Waals surface area contributed by atoms with E-state index in [1.165, 1.54) is 29.8 Å². The Morgan fingerprint density at radius 1 is 1.19 bits per heavy atom. The molecule has 0 aliphatic heterocycles. The van der Waals surface area contributed by atoms with E-state index in [0.29, 0.717) is 12.3 Å². The van der Waals surface area contributed by atoms with E-state index in [1.54, 1.807) is 0 Å². The van der Waals surface area contributed by atoms with Gasteiger partial charge < -0.3 is 15.7 Å². The van der Waals surface area contributed by atoms with Crippen LogP contribution in [-0.2, 0) is 0 Å². The van der Waals surface area contributed by atoms with Gasteiger partial charge in [0.1, 0.15) is 11.6 Å². The number of urea groups is 1. The molecule has 2 aromatic carbocycles. The standard InChI is InChI=1S/C27H33F3N4O2/c1-18-4-3-5-22(16-18)33-24-17-19(2)6-7-20(24)12-14-32-26(36)34(15-13-27(28,29)30)25(31)21-8-10-23(35)11-9-21/h3-5,8-11,16,19,31,33,35H,6-7,12-15,17H2,1-2H3,(H,32,36). The van der Waals surface area contributed by atoms with Crippen LogP contribution in [0.4, 0.5) is 23.7 Å². The van der Waals surface area contributed by atoms with Crippen molar-refractivity contribution in [2.24, 2.45) is 5.92 Å². The van der Waals surface area contributed by atoms with Gasteiger partial charge in [-0.25, -0.2) is 4.79 Å². The summed E-state index contributed by atoms with van der Waals surface area (Å²) in [6.45, 7) is 3.80. The number of carbonyl (C=O) groups excluding carboxylic acids is 1. The van der Waals surface area contributed by atoms with E-state index in [2.05, 4.69) is 23.6 Å². The van der Waals surface area contributed by atoms with Crippen molar-refractivity contribution in [3.8, 4) is 5.75 Å². The van der Waals surface area contributed by atoms with Gasteiger partial charge >= 0.3 is 12.2 Å². The van der Waals surface area contributed by atoms with E-state index in [4.69, 9.17) is 5.41 Å². The molecule has 2 aromatic rings. The second-order valence-electron chi connectivity index (χ2n) is 9.32. The van der Waals surface area contributed by atoms with E-state index in [-0.39, 0.29) is 23.7 Å². The molecule has 0 radical (unpaired) electrons. The first-order valence-electron chi connectivity index (χ1n) is 12.1. The van der Waals surface area contributed by atoms with Crippen LogP contribution in [0.3, 0.4) is 0 Å². The maximum absolute atomic E-state index is 12.9. The van der Waals surface area contributed by atoms with Gasteiger partial charge in [-0.1, -0.05) is 19.1 Å². The van der Waals surface area contributed by atoms with Crippen LogP contribution >= 0.6 is 0 Å². The van der Waals surface area contributed by atoms with E-state index in [9.17, 15) is 23.1 Å². The van der Waals surface area contributed by atoms with Crippen LogP contribution in [0, 0.1) is 18.3 Å². The van der Waals surface area contributed by atoms with Crippen LogP contribution in [0.5, 0.6) is 5.75 Å². The highest BCUT2D eigenvalue weighted by molar-refractivity contribution is 6.05. The maximum Gasteiger partial charge on any atom is 0.390 e. The molecule has 0 bridgehead atoms.